The number of hydrogen-bond acceptors (Lipinski definition) is 5. The molecule has 2 heterocycles. The standard InChI is InChI=1S/C11H13N5O2/c1-7-3-8(11(17)18)4-9(14-7)12-5-10-13-6-16(2)15-10/h3-4,6H,5H2,1-2H3,(H,12,14)(H,17,18). The molecule has 94 valence electrons. The third-order valence-electron chi connectivity index (χ3n) is 2.28. The van der Waals surface area contributed by atoms with Gasteiger partial charge in [0.05, 0.1) is 12.1 Å². The van der Waals surface area contributed by atoms with Gasteiger partial charge in [-0.2, -0.15) is 5.10 Å². The summed E-state index contributed by atoms with van der Waals surface area (Å²) in [5, 5.41) is 16.0. The first-order valence-electron chi connectivity index (χ1n) is 5.35. The molecule has 0 unspecified atom stereocenters. The van der Waals surface area contributed by atoms with Crippen molar-refractivity contribution in [1.29, 1.82) is 0 Å². The van der Waals surface area contributed by atoms with Gasteiger partial charge in [-0.05, 0) is 19.1 Å². The number of pyridine rings is 1. The first kappa shape index (κ1) is 12.0. The molecule has 0 atom stereocenters. The van der Waals surface area contributed by atoms with Gasteiger partial charge < -0.3 is 10.4 Å². The van der Waals surface area contributed by atoms with Gasteiger partial charge in [0.2, 0.25) is 0 Å². The molecule has 0 aliphatic rings. The van der Waals surface area contributed by atoms with Crippen LogP contribution in [0.5, 0.6) is 0 Å². The molecule has 0 aliphatic heterocycles. The highest BCUT2D eigenvalue weighted by atomic mass is 16.4. The first-order chi connectivity index (χ1) is 8.54. The summed E-state index contributed by atoms with van der Waals surface area (Å²) < 4.78 is 1.60. The van der Waals surface area contributed by atoms with E-state index in [0.717, 1.165) is 0 Å². The van der Waals surface area contributed by atoms with Gasteiger partial charge in [-0.3, -0.25) is 4.68 Å². The Hall–Kier alpha value is -2.44. The van der Waals surface area contributed by atoms with Crippen LogP contribution in [0.2, 0.25) is 0 Å². The molecule has 7 nitrogen and oxygen atoms in total. The maximum absolute atomic E-state index is 10.9. The normalized spacial score (nSPS) is 10.3. The summed E-state index contributed by atoms with van der Waals surface area (Å²) in [7, 11) is 1.78. The Morgan fingerprint density at radius 3 is 2.89 bits per heavy atom. The minimum atomic E-state index is -0.973. The van der Waals surface area contributed by atoms with E-state index in [1.807, 2.05) is 0 Å². The molecule has 0 aliphatic carbocycles. The van der Waals surface area contributed by atoms with Gasteiger partial charge in [0.25, 0.3) is 0 Å². The van der Waals surface area contributed by atoms with Crippen molar-refractivity contribution in [1.82, 2.24) is 19.7 Å². The van der Waals surface area contributed by atoms with Crippen molar-refractivity contribution < 1.29 is 9.90 Å². The highest BCUT2D eigenvalue weighted by molar-refractivity contribution is 5.88. The highest BCUT2D eigenvalue weighted by Gasteiger charge is 2.07. The molecule has 0 radical (unpaired) electrons. The predicted octanol–water partition coefficient (Wildman–Crippen LogP) is 0.829. The quantitative estimate of drug-likeness (QED) is 0.831. The average molecular weight is 247 g/mol. The Kier molecular flexibility index (Phi) is 3.22. The lowest BCUT2D eigenvalue weighted by atomic mass is 10.2. The van der Waals surface area contributed by atoms with Crippen LogP contribution in [-0.2, 0) is 13.6 Å². The number of nitrogens with zero attached hydrogens (tertiary/aromatic N) is 4. The number of hydrogen-bond donors (Lipinski definition) is 2. The smallest absolute Gasteiger partial charge is 0.335 e. The summed E-state index contributed by atoms with van der Waals surface area (Å²) in [4.78, 5) is 19.2. The fourth-order valence-electron chi connectivity index (χ4n) is 1.52. The summed E-state index contributed by atoms with van der Waals surface area (Å²) in [6, 6.07) is 3.00. The van der Waals surface area contributed by atoms with Gasteiger partial charge in [0.15, 0.2) is 5.82 Å². The molecule has 2 aromatic rings. The average Bonchev–Trinajstić information content (AvgIpc) is 2.72. The molecule has 0 saturated heterocycles. The van der Waals surface area contributed by atoms with Gasteiger partial charge in [-0.1, -0.05) is 0 Å². The topological polar surface area (TPSA) is 92.9 Å². The highest BCUT2D eigenvalue weighted by Crippen LogP contribution is 2.10. The lowest BCUT2D eigenvalue weighted by Crippen LogP contribution is -2.06. The van der Waals surface area contributed by atoms with Crippen molar-refractivity contribution in [2.24, 2.45) is 7.05 Å². The Morgan fingerprint density at radius 2 is 2.28 bits per heavy atom. The fourth-order valence-corrected chi connectivity index (χ4v) is 1.52. The van der Waals surface area contributed by atoms with E-state index in [9.17, 15) is 4.79 Å². The second kappa shape index (κ2) is 4.82. The Balaban J connectivity index is 2.11. The van der Waals surface area contributed by atoms with Crippen molar-refractivity contribution in [2.75, 3.05) is 5.32 Å². The van der Waals surface area contributed by atoms with Crippen LogP contribution in [0.1, 0.15) is 21.9 Å². The molecule has 0 bridgehead atoms. The lowest BCUT2D eigenvalue weighted by molar-refractivity contribution is 0.0696. The van der Waals surface area contributed by atoms with E-state index in [-0.39, 0.29) is 5.56 Å². The van der Waals surface area contributed by atoms with Crippen LogP contribution in [0.25, 0.3) is 0 Å². The molecule has 7 heteroatoms. The van der Waals surface area contributed by atoms with Crippen LogP contribution in [-0.4, -0.2) is 30.8 Å². The molecule has 0 fully saturated rings. The second-order valence-electron chi connectivity index (χ2n) is 3.88. The summed E-state index contributed by atoms with van der Waals surface area (Å²) in [6.07, 6.45) is 1.60. The van der Waals surface area contributed by atoms with Gasteiger partial charge >= 0.3 is 5.97 Å². The minimum absolute atomic E-state index is 0.207. The maximum Gasteiger partial charge on any atom is 0.335 e. The van der Waals surface area contributed by atoms with E-state index in [2.05, 4.69) is 20.4 Å². The first-order valence-corrected chi connectivity index (χ1v) is 5.35. The van der Waals surface area contributed by atoms with E-state index in [0.29, 0.717) is 23.9 Å². The van der Waals surface area contributed by atoms with Crippen molar-refractivity contribution in [3.8, 4) is 0 Å². The molecule has 2 rings (SSSR count). The molecule has 2 N–H and O–H groups in total. The number of anilines is 1. The Labute approximate surface area is 104 Å². The van der Waals surface area contributed by atoms with Crippen molar-refractivity contribution in [3.05, 3.63) is 35.5 Å². The van der Waals surface area contributed by atoms with Crippen LogP contribution < -0.4 is 5.32 Å². The number of nitrogens with one attached hydrogen (secondary N) is 1. The molecule has 0 saturated carbocycles. The summed E-state index contributed by atoms with van der Waals surface area (Å²) in [5.41, 5.74) is 0.852. The van der Waals surface area contributed by atoms with E-state index < -0.39 is 5.97 Å². The van der Waals surface area contributed by atoms with Crippen molar-refractivity contribution in [2.45, 2.75) is 13.5 Å². The molecule has 18 heavy (non-hydrogen) atoms. The molecule has 2 aromatic heterocycles. The number of carboxylic acids is 1. The number of rotatable bonds is 4. The van der Waals surface area contributed by atoms with E-state index in [4.69, 9.17) is 5.11 Å². The van der Waals surface area contributed by atoms with E-state index >= 15 is 0 Å². The number of aromatic nitrogens is 4. The number of aryl methyl sites for hydroxylation is 2. The van der Waals surface area contributed by atoms with Gasteiger partial charge in [0, 0.05) is 12.7 Å². The second-order valence-corrected chi connectivity index (χ2v) is 3.88. The van der Waals surface area contributed by atoms with Gasteiger partial charge in [-0.25, -0.2) is 14.8 Å². The number of aromatic carboxylic acids is 1. The summed E-state index contributed by atoms with van der Waals surface area (Å²) in [6.45, 7) is 2.15. The van der Waals surface area contributed by atoms with Crippen LogP contribution in [0, 0.1) is 6.92 Å². The molecule has 0 spiro atoms. The van der Waals surface area contributed by atoms with Crippen LogP contribution >= 0.6 is 0 Å². The fraction of sp³-hybridized carbons (Fsp3) is 0.273. The van der Waals surface area contributed by atoms with Crippen molar-refractivity contribution >= 4 is 11.8 Å². The van der Waals surface area contributed by atoms with E-state index in [1.165, 1.54) is 12.1 Å². The third kappa shape index (κ3) is 2.82. The molecule has 0 aromatic carbocycles. The predicted molar refractivity (Wildman–Crippen MR) is 64.3 cm³/mol. The zero-order valence-corrected chi connectivity index (χ0v) is 10.1. The van der Waals surface area contributed by atoms with Crippen molar-refractivity contribution in [3.63, 3.8) is 0 Å². The van der Waals surface area contributed by atoms with E-state index in [1.54, 1.807) is 25.0 Å². The summed E-state index contributed by atoms with van der Waals surface area (Å²) in [5.74, 6) is 0.150. The number of carboxylic acid groups (broad SMARTS) is 1. The lowest BCUT2D eigenvalue weighted by Gasteiger charge is -2.05. The molecule has 0 amide bonds. The molecular formula is C11H13N5O2. The zero-order chi connectivity index (χ0) is 13.1. The minimum Gasteiger partial charge on any atom is -0.478 e. The third-order valence-corrected chi connectivity index (χ3v) is 2.28. The Bertz CT molecular complexity index is 579. The Morgan fingerprint density at radius 1 is 1.50 bits per heavy atom. The van der Waals surface area contributed by atoms with Gasteiger partial charge in [0.1, 0.15) is 12.1 Å². The monoisotopic (exact) mass is 247 g/mol. The number of carbonyl (C=O) groups is 1. The summed E-state index contributed by atoms with van der Waals surface area (Å²) >= 11 is 0. The van der Waals surface area contributed by atoms with Crippen LogP contribution in [0.4, 0.5) is 5.82 Å². The maximum atomic E-state index is 10.9. The molecular weight excluding hydrogens is 234 g/mol. The zero-order valence-electron chi connectivity index (χ0n) is 10.1. The van der Waals surface area contributed by atoms with Crippen LogP contribution in [0.15, 0.2) is 18.5 Å². The van der Waals surface area contributed by atoms with Crippen LogP contribution in [0.3, 0.4) is 0 Å². The SMILES string of the molecule is Cc1cc(C(=O)O)cc(NCc2ncn(C)n2)n1. The largest absolute Gasteiger partial charge is 0.478 e. The van der Waals surface area contributed by atoms with Gasteiger partial charge in [-0.15, -0.1) is 0 Å².